The second-order valence-corrected chi connectivity index (χ2v) is 7.55. The van der Waals surface area contributed by atoms with Crippen LogP contribution in [0.3, 0.4) is 0 Å². The fraction of sp³-hybridized carbons (Fsp3) is 0.700. The first-order chi connectivity index (χ1) is 13.8. The smallest absolute Gasteiger partial charge is 0.255 e. The predicted octanol–water partition coefficient (Wildman–Crippen LogP) is 0.846. The molecular weight excluding hydrogens is 360 g/mol. The fourth-order valence-electron chi connectivity index (χ4n) is 4.06. The summed E-state index contributed by atoms with van der Waals surface area (Å²) in [5, 5.41) is 3.25. The first-order valence-corrected chi connectivity index (χ1v) is 10.3. The lowest BCUT2D eigenvalue weighted by Gasteiger charge is -2.40. The number of nitrogens with zero attached hydrogens (tertiary/aromatic N) is 3. The summed E-state index contributed by atoms with van der Waals surface area (Å²) >= 11 is 0. The van der Waals surface area contributed by atoms with Crippen molar-refractivity contribution in [2.24, 2.45) is 0 Å². The minimum Gasteiger partial charge on any atom is -0.379 e. The Balaban J connectivity index is 1.24. The van der Waals surface area contributed by atoms with Gasteiger partial charge in [-0.25, -0.2) is 4.98 Å². The van der Waals surface area contributed by atoms with Crippen LogP contribution in [0, 0.1) is 0 Å². The van der Waals surface area contributed by atoms with Gasteiger partial charge in [0.15, 0.2) is 0 Å². The molecule has 4 rings (SSSR count). The zero-order valence-corrected chi connectivity index (χ0v) is 16.3. The predicted molar refractivity (Wildman–Crippen MR) is 105 cm³/mol. The van der Waals surface area contributed by atoms with Gasteiger partial charge in [-0.05, 0) is 25.0 Å². The van der Waals surface area contributed by atoms with Gasteiger partial charge in [-0.15, -0.1) is 0 Å². The lowest BCUT2D eigenvalue weighted by molar-refractivity contribution is -0.0819. The number of aromatic nitrogens is 1. The highest BCUT2D eigenvalue weighted by molar-refractivity contribution is 5.94. The van der Waals surface area contributed by atoms with Gasteiger partial charge in [0.2, 0.25) is 0 Å². The first kappa shape index (κ1) is 19.6. The lowest BCUT2D eigenvalue weighted by atomic mass is 10.0. The van der Waals surface area contributed by atoms with Crippen molar-refractivity contribution in [2.75, 3.05) is 71.1 Å². The standard InChI is InChI=1S/C20H30N4O4/c25-20(24-5-3-17(4-6-24)23-7-9-26-10-8-23)16-1-2-19(21-13-16)22-14-18-15-27-11-12-28-18/h1-2,13,17-18H,3-12,14-15H2,(H,21,22)/t18-/m0/s1. The van der Waals surface area contributed by atoms with Crippen LogP contribution in [-0.2, 0) is 14.2 Å². The number of ether oxygens (including phenoxy) is 3. The van der Waals surface area contributed by atoms with E-state index in [1.165, 1.54) is 0 Å². The van der Waals surface area contributed by atoms with Crippen molar-refractivity contribution in [3.8, 4) is 0 Å². The minimum absolute atomic E-state index is 0.0459. The number of anilines is 1. The van der Waals surface area contributed by atoms with Crippen LogP contribution in [0.25, 0.3) is 0 Å². The number of likely N-dealkylation sites (tertiary alicyclic amines) is 1. The molecule has 3 aliphatic heterocycles. The molecule has 0 aromatic carbocycles. The summed E-state index contributed by atoms with van der Waals surface area (Å²) in [5.74, 6) is 0.820. The molecule has 28 heavy (non-hydrogen) atoms. The molecular formula is C20H30N4O4. The summed E-state index contributed by atoms with van der Waals surface area (Å²) in [4.78, 5) is 21.6. The summed E-state index contributed by atoms with van der Waals surface area (Å²) in [6, 6.07) is 4.28. The summed E-state index contributed by atoms with van der Waals surface area (Å²) in [7, 11) is 0. The van der Waals surface area contributed by atoms with Crippen LogP contribution in [0.4, 0.5) is 5.82 Å². The number of hydrogen-bond donors (Lipinski definition) is 1. The molecule has 0 bridgehead atoms. The molecule has 3 fully saturated rings. The van der Waals surface area contributed by atoms with Crippen LogP contribution in [0.2, 0.25) is 0 Å². The van der Waals surface area contributed by atoms with Crippen LogP contribution in [0.1, 0.15) is 23.2 Å². The third-order valence-corrected chi connectivity index (χ3v) is 5.72. The van der Waals surface area contributed by atoms with E-state index in [2.05, 4.69) is 15.2 Å². The molecule has 4 heterocycles. The van der Waals surface area contributed by atoms with Crippen molar-refractivity contribution in [2.45, 2.75) is 25.0 Å². The Morgan fingerprint density at radius 3 is 2.57 bits per heavy atom. The maximum Gasteiger partial charge on any atom is 0.255 e. The molecule has 0 unspecified atom stereocenters. The largest absolute Gasteiger partial charge is 0.379 e. The van der Waals surface area contributed by atoms with E-state index >= 15 is 0 Å². The Bertz CT molecular complexity index is 622. The second kappa shape index (κ2) is 9.65. The van der Waals surface area contributed by atoms with Crippen molar-refractivity contribution < 1.29 is 19.0 Å². The van der Waals surface area contributed by atoms with Crippen LogP contribution in [0.15, 0.2) is 18.3 Å². The van der Waals surface area contributed by atoms with Crippen LogP contribution in [-0.4, -0.2) is 98.6 Å². The second-order valence-electron chi connectivity index (χ2n) is 7.55. The molecule has 1 aromatic heterocycles. The van der Waals surface area contributed by atoms with Gasteiger partial charge < -0.3 is 24.4 Å². The number of amides is 1. The van der Waals surface area contributed by atoms with Gasteiger partial charge in [0.25, 0.3) is 5.91 Å². The summed E-state index contributed by atoms with van der Waals surface area (Å²) < 4.78 is 16.4. The number of rotatable bonds is 5. The van der Waals surface area contributed by atoms with Crippen LogP contribution in [0.5, 0.6) is 0 Å². The van der Waals surface area contributed by atoms with Gasteiger partial charge in [-0.1, -0.05) is 0 Å². The van der Waals surface area contributed by atoms with E-state index in [4.69, 9.17) is 14.2 Å². The number of carbonyl (C=O) groups is 1. The lowest BCUT2D eigenvalue weighted by Crippen LogP contribution is -2.50. The fourth-order valence-corrected chi connectivity index (χ4v) is 4.06. The van der Waals surface area contributed by atoms with Gasteiger partial charge in [-0.3, -0.25) is 9.69 Å². The molecule has 1 atom stereocenters. The number of carbonyl (C=O) groups excluding carboxylic acids is 1. The van der Waals surface area contributed by atoms with E-state index in [0.29, 0.717) is 38.0 Å². The molecule has 1 aromatic rings. The van der Waals surface area contributed by atoms with Crippen molar-refractivity contribution in [3.05, 3.63) is 23.9 Å². The molecule has 0 spiro atoms. The van der Waals surface area contributed by atoms with E-state index in [1.54, 1.807) is 6.20 Å². The molecule has 0 saturated carbocycles. The minimum atomic E-state index is 0.0459. The maximum atomic E-state index is 12.8. The third kappa shape index (κ3) is 5.00. The summed E-state index contributed by atoms with van der Waals surface area (Å²) in [6.07, 6.45) is 3.77. The zero-order valence-electron chi connectivity index (χ0n) is 16.3. The van der Waals surface area contributed by atoms with E-state index in [1.807, 2.05) is 17.0 Å². The van der Waals surface area contributed by atoms with Crippen molar-refractivity contribution in [3.63, 3.8) is 0 Å². The Hall–Kier alpha value is -1.74. The number of morpholine rings is 1. The Kier molecular flexibility index (Phi) is 6.74. The maximum absolute atomic E-state index is 12.8. The topological polar surface area (TPSA) is 76.2 Å². The van der Waals surface area contributed by atoms with E-state index in [-0.39, 0.29) is 12.0 Å². The van der Waals surface area contributed by atoms with Crippen molar-refractivity contribution >= 4 is 11.7 Å². The summed E-state index contributed by atoms with van der Waals surface area (Å²) in [5.41, 5.74) is 0.646. The molecule has 3 saturated heterocycles. The molecule has 154 valence electrons. The highest BCUT2D eigenvalue weighted by Gasteiger charge is 2.28. The SMILES string of the molecule is O=C(c1ccc(NC[C@H]2COCCO2)nc1)N1CCC(N2CCOCC2)CC1. The van der Waals surface area contributed by atoms with E-state index in [0.717, 1.165) is 58.1 Å². The number of pyridine rings is 1. The van der Waals surface area contributed by atoms with Crippen LogP contribution < -0.4 is 5.32 Å². The van der Waals surface area contributed by atoms with E-state index in [9.17, 15) is 4.79 Å². The average Bonchev–Trinajstić information content (AvgIpc) is 2.79. The number of piperidine rings is 1. The van der Waals surface area contributed by atoms with Gasteiger partial charge in [0.05, 0.1) is 44.7 Å². The van der Waals surface area contributed by atoms with Crippen molar-refractivity contribution in [1.82, 2.24) is 14.8 Å². The Labute approximate surface area is 166 Å². The molecule has 3 aliphatic rings. The highest BCUT2D eigenvalue weighted by atomic mass is 16.6. The van der Waals surface area contributed by atoms with Crippen molar-refractivity contribution in [1.29, 1.82) is 0 Å². The summed E-state index contributed by atoms with van der Waals surface area (Å²) in [6.45, 7) is 7.82. The van der Waals surface area contributed by atoms with Gasteiger partial charge in [0, 0.05) is 45.0 Å². The quantitative estimate of drug-likeness (QED) is 0.799. The number of nitrogens with one attached hydrogen (secondary N) is 1. The molecule has 0 radical (unpaired) electrons. The molecule has 1 amide bonds. The monoisotopic (exact) mass is 390 g/mol. The van der Waals surface area contributed by atoms with Gasteiger partial charge in [0.1, 0.15) is 5.82 Å². The first-order valence-electron chi connectivity index (χ1n) is 10.3. The average molecular weight is 390 g/mol. The van der Waals surface area contributed by atoms with Gasteiger partial charge in [-0.2, -0.15) is 0 Å². The normalized spacial score (nSPS) is 24.9. The molecule has 8 nitrogen and oxygen atoms in total. The Morgan fingerprint density at radius 2 is 1.89 bits per heavy atom. The third-order valence-electron chi connectivity index (χ3n) is 5.72. The zero-order chi connectivity index (χ0) is 19.2. The molecule has 0 aliphatic carbocycles. The molecule has 1 N–H and O–H groups in total. The van der Waals surface area contributed by atoms with E-state index < -0.39 is 0 Å². The van der Waals surface area contributed by atoms with Gasteiger partial charge >= 0.3 is 0 Å². The number of hydrogen-bond acceptors (Lipinski definition) is 7. The van der Waals surface area contributed by atoms with Crippen LogP contribution >= 0.6 is 0 Å². The highest BCUT2D eigenvalue weighted by Crippen LogP contribution is 2.19. The molecule has 8 heteroatoms. The Morgan fingerprint density at radius 1 is 1.07 bits per heavy atom.